The van der Waals surface area contributed by atoms with Gasteiger partial charge in [0, 0.05) is 18.1 Å². The third kappa shape index (κ3) is 5.30. The number of urea groups is 1. The van der Waals surface area contributed by atoms with Crippen LogP contribution >= 0.6 is 11.6 Å². The summed E-state index contributed by atoms with van der Waals surface area (Å²) in [6, 6.07) is 13.9. The lowest BCUT2D eigenvalue weighted by Crippen LogP contribution is -2.34. The van der Waals surface area contributed by atoms with Crippen LogP contribution in [0.15, 0.2) is 48.5 Å². The van der Waals surface area contributed by atoms with Crippen LogP contribution < -0.4 is 10.6 Å². The molecule has 0 saturated heterocycles. The average molecular weight is 333 g/mol. The van der Waals surface area contributed by atoms with Gasteiger partial charge < -0.3 is 15.4 Å². The number of amides is 2. The quantitative estimate of drug-likeness (QED) is 0.827. The number of benzene rings is 2. The van der Waals surface area contributed by atoms with Gasteiger partial charge in [0.1, 0.15) is 0 Å². The largest absolute Gasteiger partial charge is 0.465 e. The Balaban J connectivity index is 1.77. The molecule has 0 fully saturated rings. The molecule has 0 unspecified atom stereocenters. The molecule has 0 atom stereocenters. The summed E-state index contributed by atoms with van der Waals surface area (Å²) in [5.41, 5.74) is 2.33. The topological polar surface area (TPSA) is 67.4 Å². The zero-order valence-corrected chi connectivity index (χ0v) is 13.4. The molecule has 0 aliphatic rings. The Morgan fingerprint density at radius 2 is 1.39 bits per heavy atom. The Kier molecular flexibility index (Phi) is 6.00. The standard InChI is InChI=1S/C17H17ClN2O3/c1-23-16(21)14-6-2-12(3-7-14)10-19-17(22)20-11-13-4-8-15(18)9-5-13/h2-9H,10-11H2,1H3,(H2,19,20,22). The number of hydrogen-bond acceptors (Lipinski definition) is 3. The van der Waals surface area contributed by atoms with Crippen molar-refractivity contribution in [3.63, 3.8) is 0 Å². The van der Waals surface area contributed by atoms with E-state index in [4.69, 9.17) is 11.6 Å². The number of ether oxygens (including phenoxy) is 1. The number of methoxy groups -OCH3 is 1. The second-order valence-corrected chi connectivity index (χ2v) is 5.29. The van der Waals surface area contributed by atoms with Crippen molar-refractivity contribution in [2.75, 3.05) is 7.11 Å². The van der Waals surface area contributed by atoms with Gasteiger partial charge in [0.05, 0.1) is 12.7 Å². The Morgan fingerprint density at radius 3 is 1.87 bits per heavy atom. The minimum absolute atomic E-state index is 0.267. The van der Waals surface area contributed by atoms with Crippen LogP contribution in [0, 0.1) is 0 Å². The van der Waals surface area contributed by atoms with Crippen molar-refractivity contribution in [3.8, 4) is 0 Å². The SMILES string of the molecule is COC(=O)c1ccc(CNC(=O)NCc2ccc(Cl)cc2)cc1. The average Bonchev–Trinajstić information content (AvgIpc) is 2.59. The van der Waals surface area contributed by atoms with Crippen LogP contribution in [0.2, 0.25) is 5.02 Å². The van der Waals surface area contributed by atoms with Gasteiger partial charge in [-0.2, -0.15) is 0 Å². The van der Waals surface area contributed by atoms with Crippen molar-refractivity contribution in [2.45, 2.75) is 13.1 Å². The summed E-state index contributed by atoms with van der Waals surface area (Å²) in [5.74, 6) is -0.384. The lowest BCUT2D eigenvalue weighted by atomic mass is 10.1. The molecule has 6 heteroatoms. The Hall–Kier alpha value is -2.53. The second kappa shape index (κ2) is 8.19. The Labute approximate surface area is 139 Å². The molecule has 0 saturated carbocycles. The van der Waals surface area contributed by atoms with Crippen molar-refractivity contribution in [2.24, 2.45) is 0 Å². The molecule has 5 nitrogen and oxygen atoms in total. The molecule has 0 spiro atoms. The van der Waals surface area contributed by atoms with Crippen LogP contribution in [-0.2, 0) is 17.8 Å². The zero-order chi connectivity index (χ0) is 16.7. The molecule has 23 heavy (non-hydrogen) atoms. The van der Waals surface area contributed by atoms with E-state index in [1.807, 2.05) is 12.1 Å². The first-order valence-corrected chi connectivity index (χ1v) is 7.39. The van der Waals surface area contributed by atoms with E-state index in [2.05, 4.69) is 15.4 Å². The first-order valence-electron chi connectivity index (χ1n) is 7.02. The molecule has 0 radical (unpaired) electrons. The predicted octanol–water partition coefficient (Wildman–Crippen LogP) is 3.13. The maximum Gasteiger partial charge on any atom is 0.337 e. The van der Waals surface area contributed by atoms with Gasteiger partial charge in [0.15, 0.2) is 0 Å². The number of carbonyl (C=O) groups excluding carboxylic acids is 2. The first kappa shape index (κ1) is 16.8. The molecular formula is C17H17ClN2O3. The molecule has 0 aliphatic heterocycles. The van der Waals surface area contributed by atoms with Crippen molar-refractivity contribution in [3.05, 3.63) is 70.2 Å². The van der Waals surface area contributed by atoms with E-state index in [0.29, 0.717) is 23.7 Å². The lowest BCUT2D eigenvalue weighted by molar-refractivity contribution is 0.0600. The molecule has 120 valence electrons. The summed E-state index contributed by atoms with van der Waals surface area (Å²) in [6.45, 7) is 0.790. The summed E-state index contributed by atoms with van der Waals surface area (Å²) < 4.78 is 4.63. The normalized spacial score (nSPS) is 10.0. The van der Waals surface area contributed by atoms with Gasteiger partial charge in [0.25, 0.3) is 0 Å². The number of carbonyl (C=O) groups is 2. The van der Waals surface area contributed by atoms with E-state index in [1.54, 1.807) is 36.4 Å². The molecule has 0 bridgehead atoms. The maximum absolute atomic E-state index is 11.8. The molecule has 0 heterocycles. The van der Waals surface area contributed by atoms with E-state index in [1.165, 1.54) is 7.11 Å². The zero-order valence-electron chi connectivity index (χ0n) is 12.6. The van der Waals surface area contributed by atoms with E-state index < -0.39 is 0 Å². The molecular weight excluding hydrogens is 316 g/mol. The van der Waals surface area contributed by atoms with Crippen molar-refractivity contribution in [1.82, 2.24) is 10.6 Å². The Morgan fingerprint density at radius 1 is 0.913 bits per heavy atom. The summed E-state index contributed by atoms with van der Waals surface area (Å²) in [6.07, 6.45) is 0. The fourth-order valence-electron chi connectivity index (χ4n) is 1.91. The highest BCUT2D eigenvalue weighted by atomic mass is 35.5. The summed E-state index contributed by atoms with van der Waals surface area (Å²) >= 11 is 5.80. The highest BCUT2D eigenvalue weighted by Crippen LogP contribution is 2.09. The minimum Gasteiger partial charge on any atom is -0.465 e. The molecule has 2 amide bonds. The van der Waals surface area contributed by atoms with E-state index in [0.717, 1.165) is 11.1 Å². The van der Waals surface area contributed by atoms with Crippen LogP contribution in [0.3, 0.4) is 0 Å². The molecule has 2 N–H and O–H groups in total. The number of rotatable bonds is 5. The highest BCUT2D eigenvalue weighted by Gasteiger charge is 2.05. The number of hydrogen-bond donors (Lipinski definition) is 2. The van der Waals surface area contributed by atoms with E-state index in [-0.39, 0.29) is 12.0 Å². The summed E-state index contributed by atoms with van der Waals surface area (Å²) in [5, 5.41) is 6.17. The van der Waals surface area contributed by atoms with Crippen molar-refractivity contribution in [1.29, 1.82) is 0 Å². The Bertz CT molecular complexity index is 669. The first-order chi connectivity index (χ1) is 11.1. The minimum atomic E-state index is -0.384. The monoisotopic (exact) mass is 332 g/mol. The van der Waals surface area contributed by atoms with Crippen LogP contribution in [0.25, 0.3) is 0 Å². The van der Waals surface area contributed by atoms with Gasteiger partial charge >= 0.3 is 12.0 Å². The number of halogens is 1. The second-order valence-electron chi connectivity index (χ2n) is 4.85. The van der Waals surface area contributed by atoms with Gasteiger partial charge in [0.2, 0.25) is 0 Å². The van der Waals surface area contributed by atoms with Gasteiger partial charge in [-0.15, -0.1) is 0 Å². The molecule has 0 aliphatic carbocycles. The van der Waals surface area contributed by atoms with Crippen LogP contribution in [0.1, 0.15) is 21.5 Å². The van der Waals surface area contributed by atoms with Crippen molar-refractivity contribution >= 4 is 23.6 Å². The number of esters is 1. The van der Waals surface area contributed by atoms with Gasteiger partial charge in [-0.25, -0.2) is 9.59 Å². The highest BCUT2D eigenvalue weighted by molar-refractivity contribution is 6.30. The fourth-order valence-corrected chi connectivity index (χ4v) is 2.03. The number of nitrogens with one attached hydrogen (secondary N) is 2. The van der Waals surface area contributed by atoms with E-state index >= 15 is 0 Å². The molecule has 0 aromatic heterocycles. The smallest absolute Gasteiger partial charge is 0.337 e. The molecule has 2 aromatic carbocycles. The van der Waals surface area contributed by atoms with Crippen molar-refractivity contribution < 1.29 is 14.3 Å². The van der Waals surface area contributed by atoms with Crippen LogP contribution in [0.5, 0.6) is 0 Å². The van der Waals surface area contributed by atoms with Gasteiger partial charge in [-0.05, 0) is 35.4 Å². The summed E-state index contributed by atoms with van der Waals surface area (Å²) in [4.78, 5) is 23.1. The molecule has 2 rings (SSSR count). The molecule has 2 aromatic rings. The summed E-state index contributed by atoms with van der Waals surface area (Å²) in [7, 11) is 1.34. The third-order valence-corrected chi connectivity index (χ3v) is 3.45. The van der Waals surface area contributed by atoms with Crippen LogP contribution in [0.4, 0.5) is 4.79 Å². The lowest BCUT2D eigenvalue weighted by Gasteiger charge is -2.08. The predicted molar refractivity (Wildman–Crippen MR) is 88.3 cm³/mol. The fraction of sp³-hybridized carbons (Fsp3) is 0.176. The maximum atomic E-state index is 11.8. The van der Waals surface area contributed by atoms with Gasteiger partial charge in [-0.1, -0.05) is 35.9 Å². The van der Waals surface area contributed by atoms with Gasteiger partial charge in [-0.3, -0.25) is 0 Å². The third-order valence-electron chi connectivity index (χ3n) is 3.19. The van der Waals surface area contributed by atoms with Crippen LogP contribution in [-0.4, -0.2) is 19.1 Å². The van der Waals surface area contributed by atoms with E-state index in [9.17, 15) is 9.59 Å².